The Labute approximate surface area is 531 Å². The molecular formula is C62H56F4N10O12P2S2. The number of carbonyl (C=O) groups is 2. The molecule has 22 nitrogen and oxygen atoms in total. The van der Waals surface area contributed by atoms with E-state index in [1.54, 1.807) is 38.1 Å². The van der Waals surface area contributed by atoms with Gasteiger partial charge in [-0.15, -0.1) is 22.7 Å². The summed E-state index contributed by atoms with van der Waals surface area (Å²) in [4.78, 5) is 70.2. The predicted molar refractivity (Wildman–Crippen MR) is 335 cm³/mol. The van der Waals surface area contributed by atoms with Crippen LogP contribution in [0.1, 0.15) is 67.5 Å². The highest BCUT2D eigenvalue weighted by Gasteiger charge is 2.47. The number of phosphoric ester groups is 1. The second kappa shape index (κ2) is 29.4. The summed E-state index contributed by atoms with van der Waals surface area (Å²) in [5, 5.41) is 13.1. The zero-order valence-corrected chi connectivity index (χ0v) is 52.7. The molecule has 0 amide bonds. The fraction of sp³-hybridized carbons (Fsp3) is 0.194. The Morgan fingerprint density at radius 1 is 0.598 bits per heavy atom. The molecule has 10 rings (SSSR count). The molecule has 0 aliphatic heterocycles. The lowest BCUT2D eigenvalue weighted by Gasteiger charge is -2.38. The summed E-state index contributed by atoms with van der Waals surface area (Å²) >= 11 is 2.61. The molecular weight excluding hydrogens is 1280 g/mol. The van der Waals surface area contributed by atoms with Gasteiger partial charge in [0, 0.05) is 70.3 Å². The number of esters is 2. The van der Waals surface area contributed by atoms with Gasteiger partial charge in [0.15, 0.2) is 13.6 Å². The first-order valence-electron chi connectivity index (χ1n) is 27.4. The fourth-order valence-electron chi connectivity index (χ4n) is 9.62. The smallest absolute Gasteiger partial charge is 0.442 e. The van der Waals surface area contributed by atoms with E-state index >= 15 is 8.78 Å². The topological polar surface area (TPSA) is 276 Å². The minimum absolute atomic E-state index is 0.00672. The van der Waals surface area contributed by atoms with E-state index < -0.39 is 92.8 Å². The van der Waals surface area contributed by atoms with Crippen LogP contribution in [0.2, 0.25) is 0 Å². The second-order valence-electron chi connectivity index (χ2n) is 20.5. The number of ether oxygens (including phenoxy) is 4. The summed E-state index contributed by atoms with van der Waals surface area (Å²) in [7, 11) is -8.00. The number of thiazole rings is 2. The van der Waals surface area contributed by atoms with Crippen LogP contribution < -0.4 is 9.05 Å². The maximum absolute atomic E-state index is 15.7. The number of nitrogens with zero attached hydrogens (tertiary/aromatic N) is 10. The third-order valence-electron chi connectivity index (χ3n) is 14.1. The van der Waals surface area contributed by atoms with Crippen LogP contribution in [0.5, 0.6) is 11.5 Å². The van der Waals surface area contributed by atoms with Gasteiger partial charge in [-0.2, -0.15) is 10.2 Å². The van der Waals surface area contributed by atoms with E-state index in [1.807, 2.05) is 47.2 Å². The summed E-state index contributed by atoms with van der Waals surface area (Å²) in [6.07, 6.45) is 5.41. The SMILES string of the molecule is C=Nc1ccc(-c2csc([C@H](C)C(Cn3cncn3)(OCOC(=O)c3ccccc3OP(=O)(O)O)c3ccc(F)cc3F)n2)cc1.C=Nc1ccc(-c2csc([C@H](C)C(Cn3cncn3)(OCOC(=O)c3ccccc3OP(C)(C)=O)c3ccc(F)cc3F)n2)cc1. The van der Waals surface area contributed by atoms with Crippen molar-refractivity contribution in [2.24, 2.45) is 9.98 Å². The van der Waals surface area contributed by atoms with Crippen molar-refractivity contribution in [3.63, 3.8) is 0 Å². The average molecular weight is 1340 g/mol. The van der Waals surface area contributed by atoms with Gasteiger partial charge in [0.05, 0.1) is 45.9 Å². The lowest BCUT2D eigenvalue weighted by molar-refractivity contribution is -0.148. The van der Waals surface area contributed by atoms with Gasteiger partial charge in [0.2, 0.25) is 7.37 Å². The molecule has 0 saturated carbocycles. The first-order chi connectivity index (χ1) is 44.0. The van der Waals surface area contributed by atoms with Crippen LogP contribution in [0.3, 0.4) is 0 Å². The highest BCUT2D eigenvalue weighted by atomic mass is 32.1. The molecule has 0 aliphatic carbocycles. The number of benzene rings is 6. The molecule has 0 aliphatic rings. The number of carbonyl (C=O) groups excluding carboxylic acids is 2. The van der Waals surface area contributed by atoms with Gasteiger partial charge in [0.1, 0.15) is 82.4 Å². The van der Waals surface area contributed by atoms with Crippen molar-refractivity contribution in [2.75, 3.05) is 26.9 Å². The van der Waals surface area contributed by atoms with Crippen molar-refractivity contribution in [3.8, 4) is 34.0 Å². The second-order valence-corrected chi connectivity index (χ2v) is 26.1. The number of phosphoric acid groups is 1. The van der Waals surface area contributed by atoms with Crippen molar-refractivity contribution < 1.29 is 74.1 Å². The Balaban J connectivity index is 0.000000217. The summed E-state index contributed by atoms with van der Waals surface area (Å²) < 4.78 is 120. The minimum Gasteiger partial charge on any atom is -0.442 e. The monoisotopic (exact) mass is 1330 g/mol. The number of aliphatic imine (C=N–C) groups is 2. The molecule has 0 fully saturated rings. The molecule has 0 radical (unpaired) electrons. The van der Waals surface area contributed by atoms with Crippen molar-refractivity contribution in [3.05, 3.63) is 225 Å². The van der Waals surface area contributed by atoms with Crippen LogP contribution in [0.15, 0.2) is 180 Å². The Kier molecular flexibility index (Phi) is 21.4. The van der Waals surface area contributed by atoms with Crippen molar-refractivity contribution in [1.29, 1.82) is 0 Å². The van der Waals surface area contributed by atoms with Crippen LogP contribution in [0, 0.1) is 23.3 Å². The molecule has 4 aromatic heterocycles. The molecule has 2 unspecified atom stereocenters. The van der Waals surface area contributed by atoms with Gasteiger partial charge < -0.3 is 28.0 Å². The van der Waals surface area contributed by atoms with Crippen molar-refractivity contribution in [1.82, 2.24) is 39.5 Å². The first kappa shape index (κ1) is 67.2. The van der Waals surface area contributed by atoms with Gasteiger partial charge >= 0.3 is 19.8 Å². The van der Waals surface area contributed by atoms with E-state index in [4.69, 9.17) is 33.4 Å². The summed E-state index contributed by atoms with van der Waals surface area (Å²) in [5.41, 5.74) is 0.638. The average Bonchev–Trinajstić information content (AvgIpc) is 1.34. The molecule has 0 spiro atoms. The van der Waals surface area contributed by atoms with Gasteiger partial charge in [0.25, 0.3) is 0 Å². The molecule has 30 heteroatoms. The number of halogens is 4. The number of hydrogen-bond acceptors (Lipinski definition) is 20. The van der Waals surface area contributed by atoms with E-state index in [9.17, 15) is 37.3 Å². The maximum atomic E-state index is 15.7. The van der Waals surface area contributed by atoms with Gasteiger partial charge in [-0.05, 0) is 74.1 Å². The van der Waals surface area contributed by atoms with Crippen LogP contribution in [-0.4, -0.2) is 102 Å². The van der Waals surface area contributed by atoms with Gasteiger partial charge in [-0.1, -0.05) is 74.5 Å². The molecule has 6 aromatic carbocycles. The standard InChI is InChI=1S/C32H30F2N5O5PS.C30H26F2N5O7PS/c1-21(30-38-28(16-46-30)22-9-12-24(35-2)13-10-22)32(17-39-19-36-18-37-39,26-14-11-23(33)15-27(26)34)43-20-42-31(40)25-7-5-6-8-29(25)44-45(3,4)41;1-19(28-36-26(14-46-28)20-7-10-22(33-2)11-8-20)30(15-37-17-34-16-35-37,24-12-9-21(31)13-25(24)32)43-18-42-29(38)23-5-3-4-6-27(23)44-45(39,40)41/h5-16,18-19,21H,2,17,20H2,1,3-4H3;3-14,16-17,19H,2,15,18H2,1H3,(H2,39,40,41)/t21-,32?;19-,30?/m00/s1. The summed E-state index contributed by atoms with van der Waals surface area (Å²) in [6.45, 7) is 11.7. The quantitative estimate of drug-likeness (QED) is 0.0168. The van der Waals surface area contributed by atoms with E-state index in [-0.39, 0.29) is 41.1 Å². The fourth-order valence-corrected chi connectivity index (χ4v) is 12.6. The van der Waals surface area contributed by atoms with Crippen molar-refractivity contribution in [2.45, 2.75) is 50.0 Å². The molecule has 92 heavy (non-hydrogen) atoms. The Morgan fingerprint density at radius 3 is 1.36 bits per heavy atom. The molecule has 4 atom stereocenters. The zero-order valence-electron chi connectivity index (χ0n) is 49.2. The lowest BCUT2D eigenvalue weighted by Crippen LogP contribution is -2.42. The van der Waals surface area contributed by atoms with Crippen molar-refractivity contribution >= 4 is 74.6 Å². The molecule has 10 aromatic rings. The summed E-state index contributed by atoms with van der Waals surface area (Å²) in [5.74, 6) is -7.03. The van der Waals surface area contributed by atoms with Crippen LogP contribution in [-0.2, 0) is 52.4 Å². The van der Waals surface area contributed by atoms with E-state index in [0.717, 1.165) is 29.3 Å². The largest absolute Gasteiger partial charge is 0.524 e. The Hall–Kier alpha value is -9.24. The number of hydrogen-bond donors (Lipinski definition) is 2. The Morgan fingerprint density at radius 2 is 1.00 bits per heavy atom. The van der Waals surface area contributed by atoms with E-state index in [1.165, 1.54) is 119 Å². The van der Waals surface area contributed by atoms with Gasteiger partial charge in [-0.25, -0.2) is 61.0 Å². The number of aromatic nitrogens is 8. The predicted octanol–water partition coefficient (Wildman–Crippen LogP) is 13.5. The molecule has 4 heterocycles. The molecule has 476 valence electrons. The normalized spacial score (nSPS) is 13.5. The first-order valence-corrected chi connectivity index (χ1v) is 33.2. The van der Waals surface area contributed by atoms with Crippen LogP contribution in [0.25, 0.3) is 22.5 Å². The van der Waals surface area contributed by atoms with E-state index in [2.05, 4.69) is 48.1 Å². The minimum atomic E-state index is -5.00. The molecule has 0 bridgehead atoms. The number of rotatable bonds is 26. The van der Waals surface area contributed by atoms with Crippen LogP contribution >= 0.6 is 37.9 Å². The highest BCUT2D eigenvalue weighted by Crippen LogP contribution is 2.48. The van der Waals surface area contributed by atoms with E-state index in [0.29, 0.717) is 38.8 Å². The van der Waals surface area contributed by atoms with Crippen LogP contribution in [0.4, 0.5) is 28.9 Å². The zero-order chi connectivity index (χ0) is 65.8. The molecule has 2 N–H and O–H groups in total. The van der Waals surface area contributed by atoms with Gasteiger partial charge in [-0.3, -0.25) is 24.3 Å². The highest BCUT2D eigenvalue weighted by molar-refractivity contribution is 7.57. The lowest BCUT2D eigenvalue weighted by atomic mass is 9.81. The maximum Gasteiger partial charge on any atom is 0.524 e. The molecule has 0 saturated heterocycles. The Bertz CT molecular complexity index is 4040. The summed E-state index contributed by atoms with van der Waals surface area (Å²) in [6, 6.07) is 32.3. The third kappa shape index (κ3) is 16.4. The third-order valence-corrected chi connectivity index (χ3v) is 17.3. The number of para-hydroxylation sites is 2.